The maximum atomic E-state index is 15.4. The van der Waals surface area contributed by atoms with E-state index >= 15 is 35.1 Å². The number of nitrogens with zero attached hydrogens (tertiary/aromatic N) is 1. The molecule has 0 radical (unpaired) electrons. The van der Waals surface area contributed by atoms with Crippen molar-refractivity contribution in [2.24, 2.45) is 0 Å². The van der Waals surface area contributed by atoms with E-state index in [-0.39, 0.29) is 5.97 Å². The molecule has 7 aromatic carbocycles. The number of esters is 1. The Labute approximate surface area is 389 Å². The third kappa shape index (κ3) is 8.40. The van der Waals surface area contributed by atoms with Crippen LogP contribution in [0.3, 0.4) is 0 Å². The van der Waals surface area contributed by atoms with Crippen molar-refractivity contribution < 1.29 is 102 Å². The number of benzene rings is 7. The van der Waals surface area contributed by atoms with Crippen molar-refractivity contribution in [3.05, 3.63) is 224 Å². The third-order valence-electron chi connectivity index (χ3n) is 11.3. The van der Waals surface area contributed by atoms with Gasteiger partial charge in [-0.05, 0) is 31.2 Å². The summed E-state index contributed by atoms with van der Waals surface area (Å²) in [7, 11) is 0. The van der Waals surface area contributed by atoms with E-state index < -0.39 is 144 Å². The van der Waals surface area contributed by atoms with Gasteiger partial charge in [0.25, 0.3) is 5.69 Å². The minimum absolute atomic E-state index is 0.361. The zero-order valence-corrected chi connectivity index (χ0v) is 35.3. The number of aryl methyl sites for hydroxylation is 1. The predicted molar refractivity (Wildman–Crippen MR) is 215 cm³/mol. The molecule has 72 heavy (non-hydrogen) atoms. The zero-order chi connectivity index (χ0) is 53.0. The number of pyridine rings is 1. The fourth-order valence-electron chi connectivity index (χ4n) is 8.02. The Hall–Kier alpha value is -7.92. The SMILES string of the molecule is Cc1ccc(OC(=O)c2ccc3ccccc3[n+]2Cc2ccccc2)cc1.Fc1c(F)c(F)c([B-](c2c(F)c(F)c(F)c(F)c2F)(c2c(F)c(F)c(F)c(F)c2F)c2c(F)c(F)c(F)c(F)c2F)c(F)c1F. The Balaban J connectivity index is 0.000000238. The van der Waals surface area contributed by atoms with Gasteiger partial charge in [0.1, 0.15) is 58.4 Å². The van der Waals surface area contributed by atoms with Crippen LogP contribution in [0.25, 0.3) is 10.9 Å². The van der Waals surface area contributed by atoms with Gasteiger partial charge in [-0.2, -0.15) is 4.57 Å². The van der Waals surface area contributed by atoms with Gasteiger partial charge in [-0.25, -0.2) is 92.6 Å². The van der Waals surface area contributed by atoms with Crippen LogP contribution in [0.5, 0.6) is 5.75 Å². The maximum absolute atomic E-state index is 15.4. The highest BCUT2D eigenvalue weighted by Gasteiger charge is 2.52. The topological polar surface area (TPSA) is 30.2 Å². The first-order valence-corrected chi connectivity index (χ1v) is 19.9. The largest absolute Gasteiger partial charge is 0.419 e. The summed E-state index contributed by atoms with van der Waals surface area (Å²) >= 11 is 0. The molecule has 0 N–H and O–H groups in total. The van der Waals surface area contributed by atoms with Gasteiger partial charge in [-0.15, -0.1) is 21.9 Å². The van der Waals surface area contributed by atoms with E-state index in [9.17, 15) is 57.5 Å². The van der Waals surface area contributed by atoms with Gasteiger partial charge >= 0.3 is 5.97 Å². The van der Waals surface area contributed by atoms with Crippen LogP contribution in [-0.2, 0) is 6.54 Å². The number of fused-ring (bicyclic) bond motifs is 1. The summed E-state index contributed by atoms with van der Waals surface area (Å²) in [6.45, 7) is 2.60. The first-order chi connectivity index (χ1) is 33.9. The van der Waals surface area contributed by atoms with Crippen molar-refractivity contribution in [2.75, 3.05) is 0 Å². The van der Waals surface area contributed by atoms with Gasteiger partial charge in [0.05, 0.1) is 0 Å². The van der Waals surface area contributed by atoms with Gasteiger partial charge in [0, 0.05) is 23.1 Å². The lowest BCUT2D eigenvalue weighted by Crippen LogP contribution is -2.81. The summed E-state index contributed by atoms with van der Waals surface area (Å²) in [6.07, 6.45) is -7.22. The molecule has 3 nitrogen and oxygen atoms in total. The molecule has 372 valence electrons. The number of aromatic nitrogens is 1. The highest BCUT2D eigenvalue weighted by Crippen LogP contribution is 2.31. The number of halogens is 20. The van der Waals surface area contributed by atoms with Crippen LogP contribution in [0.2, 0.25) is 0 Å². The fourth-order valence-corrected chi connectivity index (χ4v) is 8.02. The average Bonchev–Trinajstić information content (AvgIpc) is 3.37. The number of ether oxygens (including phenoxy) is 1. The van der Waals surface area contributed by atoms with Gasteiger partial charge < -0.3 is 4.74 Å². The fraction of sp³-hybridized carbons (Fsp3) is 0.0417. The van der Waals surface area contributed by atoms with Gasteiger partial charge in [-0.1, -0.05) is 60.2 Å². The summed E-state index contributed by atoms with van der Waals surface area (Å²) < 4.78 is 302. The van der Waals surface area contributed by atoms with Crippen molar-refractivity contribution in [1.29, 1.82) is 0 Å². The smallest absolute Gasteiger partial charge is 0.409 e. The zero-order valence-electron chi connectivity index (χ0n) is 35.3. The Morgan fingerprint density at radius 3 is 1.07 bits per heavy atom. The second-order valence-electron chi connectivity index (χ2n) is 15.4. The van der Waals surface area contributed by atoms with E-state index in [0.717, 1.165) is 22.0 Å². The van der Waals surface area contributed by atoms with Gasteiger partial charge in [0.2, 0.25) is 5.52 Å². The molecule has 1 aromatic heterocycles. The lowest BCUT2D eigenvalue weighted by molar-refractivity contribution is -0.664. The number of hydrogen-bond donors (Lipinski definition) is 0. The van der Waals surface area contributed by atoms with E-state index in [1.165, 1.54) is 0 Å². The molecule has 0 unspecified atom stereocenters. The third-order valence-corrected chi connectivity index (χ3v) is 11.3. The quantitative estimate of drug-likeness (QED) is 0.0289. The maximum Gasteiger partial charge on any atom is 0.409 e. The molecule has 0 fully saturated rings. The first kappa shape index (κ1) is 51.9. The standard InChI is InChI=1S/C24BF20.C24H20NO2/c26-5-1(6(27)14(35)21(42)13(5)34)25(2-7(28)15(36)22(43)16(37)8(2)29,3-9(30)17(38)23(44)18(39)10(3)31)4-11(32)19(40)24(45)20(41)12(4)33;1-18-11-14-21(15-12-18)27-24(26)23-16-13-20-9-5-6-10-22(20)25(23)17-19-7-3-2-4-8-19/h;2-16H,17H2,1H3/q-1;+1. The van der Waals surface area contributed by atoms with E-state index in [1.54, 1.807) is 0 Å². The van der Waals surface area contributed by atoms with Gasteiger partial charge in [0.15, 0.2) is 76.4 Å². The van der Waals surface area contributed by atoms with Crippen molar-refractivity contribution in [2.45, 2.75) is 13.5 Å². The van der Waals surface area contributed by atoms with Crippen molar-refractivity contribution in [3.8, 4) is 5.75 Å². The Morgan fingerprint density at radius 1 is 0.389 bits per heavy atom. The summed E-state index contributed by atoms with van der Waals surface area (Å²) in [5.41, 5.74) is -10.6. The molecule has 0 saturated carbocycles. The number of carbonyl (C=O) groups excluding carboxylic acids is 1. The van der Waals surface area contributed by atoms with Crippen LogP contribution in [0.4, 0.5) is 87.8 Å². The summed E-state index contributed by atoms with van der Waals surface area (Å²) in [5.74, 6) is -71.2. The molecule has 0 aliphatic heterocycles. The number of para-hydroxylation sites is 1. The Bertz CT molecular complexity index is 3120. The van der Waals surface area contributed by atoms with E-state index in [1.807, 2.05) is 90.4 Å². The Morgan fingerprint density at radius 2 is 0.708 bits per heavy atom. The van der Waals surface area contributed by atoms with Crippen molar-refractivity contribution in [3.63, 3.8) is 0 Å². The number of rotatable bonds is 8. The summed E-state index contributed by atoms with van der Waals surface area (Å²) in [4.78, 5) is 12.9. The first-order valence-electron chi connectivity index (χ1n) is 19.9. The molecule has 0 aliphatic carbocycles. The Kier molecular flexibility index (Phi) is 14.2. The van der Waals surface area contributed by atoms with Crippen LogP contribution in [0.1, 0.15) is 21.6 Å². The van der Waals surface area contributed by atoms with Crippen molar-refractivity contribution in [1.82, 2.24) is 0 Å². The van der Waals surface area contributed by atoms with Crippen molar-refractivity contribution >= 4 is 44.9 Å². The molecule has 0 saturated heterocycles. The molecular weight excluding hydrogens is 1010 g/mol. The summed E-state index contributed by atoms with van der Waals surface area (Å²) in [6, 6.07) is 29.5. The van der Waals surface area contributed by atoms with E-state index in [4.69, 9.17) is 4.74 Å². The second kappa shape index (κ2) is 19.7. The molecule has 0 bridgehead atoms. The molecule has 1 heterocycles. The van der Waals surface area contributed by atoms with Gasteiger partial charge in [-0.3, -0.25) is 0 Å². The lowest BCUT2D eigenvalue weighted by atomic mass is 9.12. The van der Waals surface area contributed by atoms with Crippen LogP contribution in [0, 0.1) is 123 Å². The van der Waals surface area contributed by atoms with E-state index in [0.29, 0.717) is 18.0 Å². The van der Waals surface area contributed by atoms with E-state index in [2.05, 4.69) is 12.1 Å². The molecule has 24 heteroatoms. The minimum atomic E-state index is -7.22. The molecule has 0 spiro atoms. The highest BCUT2D eigenvalue weighted by molar-refractivity contribution is 7.20. The minimum Gasteiger partial charge on any atom is -0.419 e. The molecule has 8 aromatic rings. The molecule has 0 aliphatic rings. The normalized spacial score (nSPS) is 11.5. The van der Waals surface area contributed by atoms with Crippen LogP contribution >= 0.6 is 0 Å². The molecular formula is C48H20BF20NO2. The number of hydrogen-bond acceptors (Lipinski definition) is 2. The molecule has 0 amide bonds. The molecule has 8 rings (SSSR count). The summed E-state index contributed by atoms with van der Waals surface area (Å²) in [5, 5.41) is 1.08. The molecule has 0 atom stereocenters. The predicted octanol–water partition coefficient (Wildman–Crippen LogP) is 10.5. The monoisotopic (exact) mass is 1030 g/mol. The lowest BCUT2D eigenvalue weighted by Gasteiger charge is -2.44. The highest BCUT2D eigenvalue weighted by atomic mass is 19.2. The van der Waals surface area contributed by atoms with Crippen LogP contribution in [0.15, 0.2) is 91.0 Å². The van der Waals surface area contributed by atoms with Crippen LogP contribution in [-0.4, -0.2) is 12.1 Å². The van der Waals surface area contributed by atoms with Crippen LogP contribution < -0.4 is 31.2 Å². The second-order valence-corrected chi connectivity index (χ2v) is 15.4. The number of carbonyl (C=O) groups is 1. The average molecular weight is 1030 g/mol.